The largest absolute Gasteiger partial charge is 0.496 e. The maximum atomic E-state index is 14.5. The Labute approximate surface area is 180 Å². The van der Waals surface area contributed by atoms with Crippen LogP contribution in [-0.4, -0.2) is 48.6 Å². The normalized spacial score (nSPS) is 11.9. The summed E-state index contributed by atoms with van der Waals surface area (Å²) in [6.45, 7) is 6.95. The standard InChI is InChI=1S/C22H27FN2O6/c1-12(2)31-18(21(26)27)10-15-9-16(7-8-17(15)23)25(22(28)30-6)20-14(4)19(29-5)13(3)11-24-20/h7-9,11-12,18H,10H2,1-6H3,(H,26,27). The Bertz CT molecular complexity index is 963. The summed E-state index contributed by atoms with van der Waals surface area (Å²) < 4.78 is 30.2. The number of carboxylic acids is 1. The molecule has 1 aromatic heterocycles. The lowest BCUT2D eigenvalue weighted by Gasteiger charge is -2.24. The lowest BCUT2D eigenvalue weighted by molar-refractivity contribution is -0.153. The second kappa shape index (κ2) is 10.2. The number of hydrogen-bond acceptors (Lipinski definition) is 6. The van der Waals surface area contributed by atoms with Crippen molar-refractivity contribution in [2.24, 2.45) is 0 Å². The summed E-state index contributed by atoms with van der Waals surface area (Å²) in [5.74, 6) is -1.01. The number of pyridine rings is 1. The monoisotopic (exact) mass is 434 g/mol. The molecule has 0 fully saturated rings. The number of aliphatic carboxylic acids is 1. The van der Waals surface area contributed by atoms with E-state index in [0.29, 0.717) is 11.3 Å². The van der Waals surface area contributed by atoms with Crippen LogP contribution in [0.3, 0.4) is 0 Å². The number of carbonyl (C=O) groups excluding carboxylic acids is 1. The fraction of sp³-hybridized carbons (Fsp3) is 0.409. The maximum absolute atomic E-state index is 14.5. The van der Waals surface area contributed by atoms with Crippen molar-refractivity contribution >= 4 is 23.6 Å². The molecule has 168 valence electrons. The molecule has 1 aromatic carbocycles. The van der Waals surface area contributed by atoms with Crippen LogP contribution in [0.25, 0.3) is 0 Å². The molecule has 0 aliphatic carbocycles. The van der Waals surface area contributed by atoms with Gasteiger partial charge in [-0.25, -0.2) is 23.9 Å². The van der Waals surface area contributed by atoms with Crippen LogP contribution in [0, 0.1) is 19.7 Å². The minimum atomic E-state index is -1.24. The minimum Gasteiger partial charge on any atom is -0.496 e. The van der Waals surface area contributed by atoms with Crippen molar-refractivity contribution in [1.82, 2.24) is 4.98 Å². The number of nitrogens with zero attached hydrogens (tertiary/aromatic N) is 2. The third-order valence-corrected chi connectivity index (χ3v) is 4.59. The summed E-state index contributed by atoms with van der Waals surface area (Å²) in [5, 5.41) is 9.42. The first-order valence-electron chi connectivity index (χ1n) is 9.65. The maximum Gasteiger partial charge on any atom is 0.419 e. The number of aromatic nitrogens is 1. The van der Waals surface area contributed by atoms with Crippen molar-refractivity contribution in [3.63, 3.8) is 0 Å². The van der Waals surface area contributed by atoms with Gasteiger partial charge in [0.1, 0.15) is 17.4 Å². The second-order valence-electron chi connectivity index (χ2n) is 7.22. The van der Waals surface area contributed by atoms with Crippen LogP contribution < -0.4 is 9.64 Å². The Hall–Kier alpha value is -3.20. The van der Waals surface area contributed by atoms with Gasteiger partial charge in [-0.1, -0.05) is 0 Å². The number of anilines is 2. The smallest absolute Gasteiger partial charge is 0.419 e. The van der Waals surface area contributed by atoms with E-state index >= 15 is 0 Å². The molecule has 0 bridgehead atoms. The molecule has 1 atom stereocenters. The molecule has 0 spiro atoms. The van der Waals surface area contributed by atoms with E-state index in [1.54, 1.807) is 27.0 Å². The van der Waals surface area contributed by atoms with Gasteiger partial charge in [0.15, 0.2) is 6.10 Å². The van der Waals surface area contributed by atoms with Crippen molar-refractivity contribution in [1.29, 1.82) is 0 Å². The SMILES string of the molecule is COC(=O)N(c1ccc(F)c(CC(OC(C)C)C(=O)O)c1)c1ncc(C)c(OC)c1C. The summed E-state index contributed by atoms with van der Waals surface area (Å²) in [6, 6.07) is 3.94. The predicted octanol–water partition coefficient (Wildman–Crippen LogP) is 4.17. The molecule has 1 N–H and O–H groups in total. The number of amides is 1. The molecule has 1 amide bonds. The predicted molar refractivity (Wildman–Crippen MR) is 113 cm³/mol. The average molecular weight is 434 g/mol. The Morgan fingerprint density at radius 2 is 1.90 bits per heavy atom. The first-order chi connectivity index (χ1) is 14.6. The van der Waals surface area contributed by atoms with Gasteiger partial charge in [-0.05, 0) is 51.5 Å². The Morgan fingerprint density at radius 3 is 2.45 bits per heavy atom. The number of aryl methyl sites for hydroxylation is 1. The topological polar surface area (TPSA) is 98.2 Å². The van der Waals surface area contributed by atoms with Crippen LogP contribution >= 0.6 is 0 Å². The first-order valence-corrected chi connectivity index (χ1v) is 9.65. The zero-order chi connectivity index (χ0) is 23.3. The van der Waals surface area contributed by atoms with E-state index in [0.717, 1.165) is 11.6 Å². The highest BCUT2D eigenvalue weighted by atomic mass is 19.1. The molecule has 31 heavy (non-hydrogen) atoms. The van der Waals surface area contributed by atoms with Crippen LogP contribution in [0.1, 0.15) is 30.5 Å². The van der Waals surface area contributed by atoms with Crippen LogP contribution in [0.5, 0.6) is 5.75 Å². The highest BCUT2D eigenvalue weighted by Crippen LogP contribution is 2.34. The molecule has 1 heterocycles. The zero-order valence-corrected chi connectivity index (χ0v) is 18.4. The number of carboxylic acid groups (broad SMARTS) is 1. The molecular formula is C22H27FN2O6. The Morgan fingerprint density at radius 1 is 1.23 bits per heavy atom. The van der Waals surface area contributed by atoms with Gasteiger partial charge in [0.05, 0.1) is 26.0 Å². The van der Waals surface area contributed by atoms with Gasteiger partial charge in [-0.3, -0.25) is 0 Å². The molecule has 2 rings (SSSR count). The number of ether oxygens (including phenoxy) is 3. The van der Waals surface area contributed by atoms with Crippen molar-refractivity contribution in [3.8, 4) is 5.75 Å². The lowest BCUT2D eigenvalue weighted by Crippen LogP contribution is -2.30. The van der Waals surface area contributed by atoms with Crippen LogP contribution in [-0.2, 0) is 20.7 Å². The lowest BCUT2D eigenvalue weighted by atomic mass is 10.1. The number of rotatable bonds is 8. The fourth-order valence-corrected chi connectivity index (χ4v) is 3.23. The summed E-state index contributed by atoms with van der Waals surface area (Å²) in [4.78, 5) is 29.7. The summed E-state index contributed by atoms with van der Waals surface area (Å²) in [6.07, 6.45) is -1.00. The Kier molecular flexibility index (Phi) is 7.93. The molecule has 0 aliphatic heterocycles. The van der Waals surface area contributed by atoms with E-state index in [1.807, 2.05) is 6.92 Å². The number of carbonyl (C=O) groups is 2. The van der Waals surface area contributed by atoms with Crippen molar-refractivity contribution in [3.05, 3.63) is 46.9 Å². The number of hydrogen-bond donors (Lipinski definition) is 1. The van der Waals surface area contributed by atoms with Gasteiger partial charge < -0.3 is 19.3 Å². The van der Waals surface area contributed by atoms with E-state index < -0.39 is 24.0 Å². The molecule has 1 unspecified atom stereocenters. The van der Waals surface area contributed by atoms with E-state index in [1.165, 1.54) is 31.3 Å². The van der Waals surface area contributed by atoms with Crippen LogP contribution in [0.2, 0.25) is 0 Å². The van der Waals surface area contributed by atoms with E-state index in [-0.39, 0.29) is 29.6 Å². The first kappa shape index (κ1) is 24.1. The van der Waals surface area contributed by atoms with Crippen LogP contribution in [0.15, 0.2) is 24.4 Å². The third-order valence-electron chi connectivity index (χ3n) is 4.59. The van der Waals surface area contributed by atoms with Crippen molar-refractivity contribution in [2.75, 3.05) is 19.1 Å². The Balaban J connectivity index is 2.56. The molecule has 0 aliphatic rings. The van der Waals surface area contributed by atoms with Crippen molar-refractivity contribution in [2.45, 2.75) is 46.3 Å². The second-order valence-corrected chi connectivity index (χ2v) is 7.22. The highest BCUT2D eigenvalue weighted by Gasteiger charge is 2.27. The number of benzene rings is 1. The van der Waals surface area contributed by atoms with Gasteiger partial charge in [-0.15, -0.1) is 0 Å². The summed E-state index contributed by atoms with van der Waals surface area (Å²) in [5.41, 5.74) is 1.71. The molecule has 0 saturated carbocycles. The van der Waals surface area contributed by atoms with Gasteiger partial charge >= 0.3 is 12.1 Å². The van der Waals surface area contributed by atoms with Crippen molar-refractivity contribution < 1.29 is 33.3 Å². The van der Waals surface area contributed by atoms with Gasteiger partial charge in [0.2, 0.25) is 0 Å². The summed E-state index contributed by atoms with van der Waals surface area (Å²) >= 11 is 0. The number of methoxy groups -OCH3 is 2. The van der Waals surface area contributed by atoms with Gasteiger partial charge in [0, 0.05) is 23.7 Å². The minimum absolute atomic E-state index is 0.0798. The zero-order valence-electron chi connectivity index (χ0n) is 18.4. The van der Waals surface area contributed by atoms with Crippen LogP contribution in [0.4, 0.5) is 20.7 Å². The van der Waals surface area contributed by atoms with E-state index in [9.17, 15) is 19.1 Å². The average Bonchev–Trinajstić information content (AvgIpc) is 2.71. The molecular weight excluding hydrogens is 407 g/mol. The fourth-order valence-electron chi connectivity index (χ4n) is 3.23. The molecule has 8 nitrogen and oxygen atoms in total. The highest BCUT2D eigenvalue weighted by molar-refractivity contribution is 5.96. The van der Waals surface area contributed by atoms with E-state index in [2.05, 4.69) is 4.98 Å². The quantitative estimate of drug-likeness (QED) is 0.666. The third kappa shape index (κ3) is 5.49. The number of halogens is 1. The van der Waals surface area contributed by atoms with Gasteiger partial charge in [-0.2, -0.15) is 0 Å². The molecule has 2 aromatic rings. The molecule has 0 saturated heterocycles. The molecule has 9 heteroatoms. The summed E-state index contributed by atoms with van der Waals surface area (Å²) in [7, 11) is 2.73. The van der Waals surface area contributed by atoms with E-state index in [4.69, 9.17) is 14.2 Å². The van der Waals surface area contributed by atoms with Gasteiger partial charge in [0.25, 0.3) is 0 Å². The molecule has 0 radical (unpaired) electrons.